The van der Waals surface area contributed by atoms with E-state index in [1.807, 2.05) is 53.9 Å². The summed E-state index contributed by atoms with van der Waals surface area (Å²) in [7, 11) is 6.27. The summed E-state index contributed by atoms with van der Waals surface area (Å²) in [6.07, 6.45) is 3.19. The maximum absolute atomic E-state index is 12.6. The summed E-state index contributed by atoms with van der Waals surface area (Å²) >= 11 is 2.85. The van der Waals surface area contributed by atoms with Gasteiger partial charge >= 0.3 is 0 Å². The molecule has 43 heavy (non-hydrogen) atoms. The Morgan fingerprint density at radius 2 is 1.60 bits per heavy atom. The molecule has 2 aromatic heterocycles. The van der Waals surface area contributed by atoms with Gasteiger partial charge in [-0.05, 0) is 24.3 Å². The Bertz CT molecular complexity index is 1760. The van der Waals surface area contributed by atoms with E-state index in [-0.39, 0.29) is 5.91 Å². The first-order valence-corrected chi connectivity index (χ1v) is 14.6. The van der Waals surface area contributed by atoms with E-state index in [4.69, 9.17) is 29.7 Å². The number of aromatic nitrogens is 2. The molecule has 0 saturated carbocycles. The van der Waals surface area contributed by atoms with E-state index in [0.717, 1.165) is 26.7 Å². The number of thiazole rings is 2. The standard InChI is InChI=1S/C31H29N5O5S2/c1-38-23-11-6-5-8-18(23)12-13-26(37)33-20-10-7-9-19(14-20)22-17-42-30(35-22)28-29(32)36-31(43-28)34-21-15-24(39-2)27(41-4)25(16-21)40-3/h5-17H,32H2,1-4H3,(H,33,37)(H,34,36). The lowest BCUT2D eigenvalue weighted by atomic mass is 10.1. The highest BCUT2D eigenvalue weighted by Crippen LogP contribution is 2.43. The topological polar surface area (TPSA) is 130 Å². The van der Waals surface area contributed by atoms with Gasteiger partial charge in [0.15, 0.2) is 16.6 Å². The molecule has 5 aromatic rings. The second-order valence-electron chi connectivity index (χ2n) is 8.96. The number of nitrogens with zero attached hydrogens (tertiary/aromatic N) is 2. The number of carbonyl (C=O) groups is 1. The summed E-state index contributed by atoms with van der Waals surface area (Å²) in [6, 6.07) is 18.6. The number of anilines is 4. The van der Waals surface area contributed by atoms with Crippen molar-refractivity contribution in [2.24, 2.45) is 0 Å². The number of nitrogens with one attached hydrogen (secondary N) is 2. The first-order chi connectivity index (χ1) is 20.9. The second-order valence-corrected chi connectivity index (χ2v) is 10.8. The van der Waals surface area contributed by atoms with Gasteiger partial charge in [0.05, 0.1) is 34.1 Å². The molecular weight excluding hydrogens is 587 g/mol. The van der Waals surface area contributed by atoms with E-state index in [0.29, 0.717) is 45.3 Å². The van der Waals surface area contributed by atoms with Crippen LogP contribution in [0.1, 0.15) is 5.56 Å². The highest BCUT2D eigenvalue weighted by Gasteiger charge is 2.18. The van der Waals surface area contributed by atoms with E-state index >= 15 is 0 Å². The summed E-state index contributed by atoms with van der Waals surface area (Å²) in [5.74, 6) is 2.33. The summed E-state index contributed by atoms with van der Waals surface area (Å²) < 4.78 is 21.6. The maximum atomic E-state index is 12.6. The number of methoxy groups -OCH3 is 4. The van der Waals surface area contributed by atoms with Crippen molar-refractivity contribution in [2.75, 3.05) is 44.8 Å². The molecule has 0 aliphatic heterocycles. The molecule has 10 nitrogen and oxygen atoms in total. The van der Waals surface area contributed by atoms with Gasteiger partial charge in [-0.15, -0.1) is 11.3 Å². The van der Waals surface area contributed by atoms with E-state index in [9.17, 15) is 4.79 Å². The highest BCUT2D eigenvalue weighted by molar-refractivity contribution is 7.23. The molecule has 3 aromatic carbocycles. The van der Waals surface area contributed by atoms with Crippen LogP contribution in [0.3, 0.4) is 0 Å². The maximum Gasteiger partial charge on any atom is 0.248 e. The molecule has 0 atom stereocenters. The third kappa shape index (κ3) is 6.71. The quantitative estimate of drug-likeness (QED) is 0.135. The molecule has 0 saturated heterocycles. The van der Waals surface area contributed by atoms with Crippen molar-refractivity contribution in [3.8, 4) is 44.1 Å². The molecule has 4 N–H and O–H groups in total. The SMILES string of the molecule is COc1ccccc1C=CC(=O)Nc1cccc(-c2csc(-c3sc(Nc4cc(OC)c(OC)c(OC)c4)nc3N)n2)c1. The molecule has 5 rings (SSSR count). The van der Waals surface area contributed by atoms with Crippen LogP contribution in [-0.4, -0.2) is 44.3 Å². The molecule has 0 radical (unpaired) electrons. The molecular formula is C31H29N5O5S2. The van der Waals surface area contributed by atoms with Crippen LogP contribution in [0.15, 0.2) is 72.1 Å². The van der Waals surface area contributed by atoms with Crippen LogP contribution in [0.4, 0.5) is 22.3 Å². The van der Waals surface area contributed by atoms with E-state index in [1.54, 1.807) is 46.6 Å². The predicted molar refractivity (Wildman–Crippen MR) is 173 cm³/mol. The smallest absolute Gasteiger partial charge is 0.248 e. The zero-order chi connectivity index (χ0) is 30.3. The van der Waals surface area contributed by atoms with E-state index < -0.39 is 0 Å². The number of ether oxygens (including phenoxy) is 4. The van der Waals surface area contributed by atoms with Crippen molar-refractivity contribution < 1.29 is 23.7 Å². The summed E-state index contributed by atoms with van der Waals surface area (Å²) in [5.41, 5.74) is 10.1. The van der Waals surface area contributed by atoms with Crippen molar-refractivity contribution in [3.63, 3.8) is 0 Å². The van der Waals surface area contributed by atoms with Gasteiger partial charge in [-0.25, -0.2) is 9.97 Å². The Balaban J connectivity index is 1.30. The van der Waals surface area contributed by atoms with Gasteiger partial charge in [-0.1, -0.05) is 41.7 Å². The van der Waals surface area contributed by atoms with Crippen LogP contribution in [-0.2, 0) is 4.79 Å². The fourth-order valence-corrected chi connectivity index (χ4v) is 6.07. The number of nitrogens with two attached hydrogens (primary N) is 1. The van der Waals surface area contributed by atoms with Gasteiger partial charge in [-0.2, -0.15) is 0 Å². The number of carbonyl (C=O) groups excluding carboxylic acids is 1. The third-order valence-corrected chi connectivity index (χ3v) is 8.23. The molecule has 0 aliphatic rings. The summed E-state index contributed by atoms with van der Waals surface area (Å²) in [6.45, 7) is 0. The highest BCUT2D eigenvalue weighted by atomic mass is 32.1. The van der Waals surface area contributed by atoms with Crippen LogP contribution < -0.4 is 35.3 Å². The summed E-state index contributed by atoms with van der Waals surface area (Å²) in [4.78, 5) is 22.6. The van der Waals surface area contributed by atoms with Crippen molar-refractivity contribution in [1.82, 2.24) is 9.97 Å². The normalized spacial score (nSPS) is 10.9. The van der Waals surface area contributed by atoms with Crippen LogP contribution in [0.25, 0.3) is 27.2 Å². The molecule has 0 bridgehead atoms. The molecule has 0 spiro atoms. The number of hydrogen-bond donors (Lipinski definition) is 3. The molecule has 1 amide bonds. The van der Waals surface area contributed by atoms with Gasteiger partial charge in [0.1, 0.15) is 21.5 Å². The second kappa shape index (κ2) is 13.3. The minimum absolute atomic E-state index is 0.258. The molecule has 0 aliphatic carbocycles. The molecule has 0 fully saturated rings. The van der Waals surface area contributed by atoms with E-state index in [1.165, 1.54) is 28.7 Å². The lowest BCUT2D eigenvalue weighted by Crippen LogP contribution is -2.07. The van der Waals surface area contributed by atoms with Crippen molar-refractivity contribution in [3.05, 3.63) is 77.7 Å². The van der Waals surface area contributed by atoms with E-state index in [2.05, 4.69) is 15.6 Å². The van der Waals surface area contributed by atoms with Gasteiger partial charge < -0.3 is 35.3 Å². The lowest BCUT2D eigenvalue weighted by molar-refractivity contribution is -0.111. The van der Waals surface area contributed by atoms with Crippen LogP contribution in [0.5, 0.6) is 23.0 Å². The Labute approximate surface area is 256 Å². The fourth-order valence-electron chi connectivity index (χ4n) is 4.24. The van der Waals surface area contributed by atoms with Crippen LogP contribution in [0.2, 0.25) is 0 Å². The monoisotopic (exact) mass is 615 g/mol. The Kier molecular flexibility index (Phi) is 9.08. The van der Waals surface area contributed by atoms with Crippen molar-refractivity contribution in [1.29, 1.82) is 0 Å². The molecule has 220 valence electrons. The van der Waals surface area contributed by atoms with Crippen LogP contribution >= 0.6 is 22.7 Å². The number of rotatable bonds is 11. The first kappa shape index (κ1) is 29.4. The number of para-hydroxylation sites is 1. The largest absolute Gasteiger partial charge is 0.496 e. The number of benzene rings is 3. The van der Waals surface area contributed by atoms with Crippen LogP contribution in [0, 0.1) is 0 Å². The average Bonchev–Trinajstić information content (AvgIpc) is 3.66. The summed E-state index contributed by atoms with van der Waals surface area (Å²) in [5, 5.41) is 9.44. The first-order valence-electron chi connectivity index (χ1n) is 12.9. The molecule has 2 heterocycles. The third-order valence-electron chi connectivity index (χ3n) is 6.25. The predicted octanol–water partition coefficient (Wildman–Crippen LogP) is 6.95. The Morgan fingerprint density at radius 3 is 2.33 bits per heavy atom. The lowest BCUT2D eigenvalue weighted by Gasteiger charge is -2.14. The number of amides is 1. The van der Waals surface area contributed by atoms with Gasteiger partial charge in [0.25, 0.3) is 0 Å². The zero-order valence-corrected chi connectivity index (χ0v) is 25.5. The van der Waals surface area contributed by atoms with Crippen molar-refractivity contribution >= 4 is 57.0 Å². The fraction of sp³-hybridized carbons (Fsp3) is 0.129. The average molecular weight is 616 g/mol. The minimum Gasteiger partial charge on any atom is -0.496 e. The molecule has 12 heteroatoms. The number of nitrogen functional groups attached to an aromatic ring is 1. The Morgan fingerprint density at radius 1 is 0.860 bits per heavy atom. The van der Waals surface area contributed by atoms with Crippen molar-refractivity contribution in [2.45, 2.75) is 0 Å². The minimum atomic E-state index is -0.258. The number of hydrogen-bond acceptors (Lipinski definition) is 11. The van der Waals surface area contributed by atoms with Gasteiger partial charge in [0.2, 0.25) is 11.7 Å². The zero-order valence-electron chi connectivity index (χ0n) is 23.8. The molecule has 0 unspecified atom stereocenters. The van der Waals surface area contributed by atoms with Gasteiger partial charge in [0, 0.05) is 46.1 Å². The Hall–Kier alpha value is -5.07. The van der Waals surface area contributed by atoms with Gasteiger partial charge in [-0.3, -0.25) is 4.79 Å².